The van der Waals surface area contributed by atoms with Gasteiger partial charge < -0.3 is 10.5 Å². The molecule has 2 N–H and O–H groups in total. The second-order valence-electron chi connectivity index (χ2n) is 6.17. The number of benzene rings is 1. The molecule has 0 aliphatic heterocycles. The summed E-state index contributed by atoms with van der Waals surface area (Å²) >= 11 is 6.04. The minimum absolute atomic E-state index is 0.0505. The van der Waals surface area contributed by atoms with Gasteiger partial charge in [0.1, 0.15) is 0 Å². The first-order valence-electron chi connectivity index (χ1n) is 9.01. The van der Waals surface area contributed by atoms with Crippen LogP contribution in [-0.4, -0.2) is 19.8 Å². The van der Waals surface area contributed by atoms with Gasteiger partial charge in [-0.15, -0.1) is 0 Å². The van der Waals surface area contributed by atoms with Crippen molar-refractivity contribution in [3.8, 4) is 0 Å². The third kappa shape index (κ3) is 6.43. The van der Waals surface area contributed by atoms with Crippen LogP contribution in [0, 0.1) is 0 Å². The van der Waals surface area contributed by atoms with Gasteiger partial charge in [0.15, 0.2) is 0 Å². The molecule has 1 aromatic rings. The van der Waals surface area contributed by atoms with Gasteiger partial charge in [-0.05, 0) is 55.5 Å². The summed E-state index contributed by atoms with van der Waals surface area (Å²) in [7, 11) is 0. The van der Waals surface area contributed by atoms with Crippen LogP contribution in [0.5, 0.6) is 0 Å². The molecule has 0 spiro atoms. The van der Waals surface area contributed by atoms with Gasteiger partial charge in [-0.1, -0.05) is 62.7 Å². The van der Waals surface area contributed by atoms with Crippen molar-refractivity contribution >= 4 is 11.6 Å². The van der Waals surface area contributed by atoms with Crippen molar-refractivity contribution in [2.75, 3.05) is 19.8 Å². The molecular weight excluding hydrogens is 318 g/mol. The van der Waals surface area contributed by atoms with Gasteiger partial charge in [-0.2, -0.15) is 0 Å². The predicted molar refractivity (Wildman–Crippen MR) is 106 cm³/mol. The maximum atomic E-state index is 6.13. The first kappa shape index (κ1) is 21.0. The Kier molecular flexibility index (Phi) is 10.0. The molecule has 24 heavy (non-hydrogen) atoms. The highest BCUT2D eigenvalue weighted by atomic mass is 35.5. The van der Waals surface area contributed by atoms with Gasteiger partial charge in [0.25, 0.3) is 0 Å². The Morgan fingerprint density at radius 3 is 2.42 bits per heavy atom. The number of halogens is 1. The number of nitrogens with two attached hydrogens (primary N) is 1. The highest BCUT2D eigenvalue weighted by Gasteiger charge is 2.30. The highest BCUT2D eigenvalue weighted by Crippen LogP contribution is 2.32. The Bertz CT molecular complexity index is 521. The monoisotopic (exact) mass is 349 g/mol. The standard InChI is InChI=1S/C21H32ClNO/c1-4-7-9-18(8-5-2)16-24-17-21(6-3,14-15-23)19-10-12-20(22)13-11-19/h7-13H,4-6,14-17,23H2,1-3H3/b9-7-,18-8+. The van der Waals surface area contributed by atoms with Gasteiger partial charge >= 0.3 is 0 Å². The zero-order valence-corrected chi connectivity index (χ0v) is 16.1. The van der Waals surface area contributed by atoms with Crippen LogP contribution in [0.25, 0.3) is 0 Å². The molecule has 0 aromatic heterocycles. The van der Waals surface area contributed by atoms with Crippen molar-refractivity contribution in [1.82, 2.24) is 0 Å². The van der Waals surface area contributed by atoms with Crippen molar-refractivity contribution in [3.05, 3.63) is 58.7 Å². The minimum atomic E-state index is -0.0505. The molecule has 0 aliphatic carbocycles. The van der Waals surface area contributed by atoms with Gasteiger partial charge in [-0.3, -0.25) is 0 Å². The van der Waals surface area contributed by atoms with E-state index < -0.39 is 0 Å². The summed E-state index contributed by atoms with van der Waals surface area (Å²) in [5.41, 5.74) is 8.35. The van der Waals surface area contributed by atoms with E-state index in [1.54, 1.807) is 0 Å². The first-order valence-corrected chi connectivity index (χ1v) is 9.39. The fraction of sp³-hybridized carbons (Fsp3) is 0.524. The molecule has 0 bridgehead atoms. The summed E-state index contributed by atoms with van der Waals surface area (Å²) in [5, 5.41) is 0.760. The SMILES string of the molecule is CC/C=C\C(=C/CC)COCC(CC)(CCN)c1ccc(Cl)cc1. The first-order chi connectivity index (χ1) is 11.6. The highest BCUT2D eigenvalue weighted by molar-refractivity contribution is 6.30. The van der Waals surface area contributed by atoms with Crippen LogP contribution in [0.15, 0.2) is 48.1 Å². The van der Waals surface area contributed by atoms with E-state index >= 15 is 0 Å². The maximum Gasteiger partial charge on any atom is 0.0714 e. The third-order valence-corrected chi connectivity index (χ3v) is 4.69. The second kappa shape index (κ2) is 11.5. The molecule has 0 fully saturated rings. The molecule has 0 saturated heterocycles. The van der Waals surface area contributed by atoms with Crippen molar-refractivity contribution in [1.29, 1.82) is 0 Å². The molecule has 1 atom stereocenters. The van der Waals surface area contributed by atoms with Crippen LogP contribution in [-0.2, 0) is 10.2 Å². The Morgan fingerprint density at radius 1 is 1.17 bits per heavy atom. The smallest absolute Gasteiger partial charge is 0.0714 e. The Morgan fingerprint density at radius 2 is 1.88 bits per heavy atom. The molecule has 0 amide bonds. The van der Waals surface area contributed by atoms with E-state index in [-0.39, 0.29) is 5.41 Å². The number of ether oxygens (including phenoxy) is 1. The lowest BCUT2D eigenvalue weighted by Crippen LogP contribution is -2.34. The largest absolute Gasteiger partial charge is 0.376 e. The average Bonchev–Trinajstić information content (AvgIpc) is 2.59. The van der Waals surface area contributed by atoms with Gasteiger partial charge in [0.2, 0.25) is 0 Å². The van der Waals surface area contributed by atoms with Gasteiger partial charge in [0, 0.05) is 10.4 Å². The van der Waals surface area contributed by atoms with E-state index in [1.807, 2.05) is 12.1 Å². The van der Waals surface area contributed by atoms with Crippen molar-refractivity contribution in [2.24, 2.45) is 5.73 Å². The average molecular weight is 350 g/mol. The summed E-state index contributed by atoms with van der Waals surface area (Å²) < 4.78 is 6.13. The summed E-state index contributed by atoms with van der Waals surface area (Å²) in [6.45, 7) is 8.46. The molecule has 0 heterocycles. The van der Waals surface area contributed by atoms with Gasteiger partial charge in [0.05, 0.1) is 13.2 Å². The van der Waals surface area contributed by atoms with E-state index in [4.69, 9.17) is 22.1 Å². The van der Waals surface area contributed by atoms with E-state index in [1.165, 1.54) is 11.1 Å². The fourth-order valence-corrected chi connectivity index (χ4v) is 3.06. The fourth-order valence-electron chi connectivity index (χ4n) is 2.93. The lowest BCUT2D eigenvalue weighted by atomic mass is 9.76. The Hall–Kier alpha value is -1.09. The maximum absolute atomic E-state index is 6.13. The van der Waals surface area contributed by atoms with Crippen LogP contribution < -0.4 is 5.73 Å². The quantitative estimate of drug-likeness (QED) is 0.523. The normalized spacial score (nSPS) is 15.0. The van der Waals surface area contributed by atoms with Gasteiger partial charge in [-0.25, -0.2) is 0 Å². The lowest BCUT2D eigenvalue weighted by Gasteiger charge is -2.33. The molecule has 0 saturated carbocycles. The Balaban J connectivity index is 2.84. The van der Waals surface area contributed by atoms with Crippen LogP contribution in [0.2, 0.25) is 5.02 Å². The molecule has 0 radical (unpaired) electrons. The summed E-state index contributed by atoms with van der Waals surface area (Å²) in [6, 6.07) is 8.10. The molecular formula is C21H32ClNO. The zero-order valence-electron chi connectivity index (χ0n) is 15.4. The third-order valence-electron chi connectivity index (χ3n) is 4.44. The van der Waals surface area contributed by atoms with E-state index in [2.05, 4.69) is 51.1 Å². The van der Waals surface area contributed by atoms with E-state index in [9.17, 15) is 0 Å². The molecule has 3 heteroatoms. The predicted octanol–water partition coefficient (Wildman–Crippen LogP) is 5.66. The topological polar surface area (TPSA) is 35.2 Å². The minimum Gasteiger partial charge on any atom is -0.376 e. The summed E-state index contributed by atoms with van der Waals surface area (Å²) in [6.07, 6.45) is 10.5. The second-order valence-corrected chi connectivity index (χ2v) is 6.61. The van der Waals surface area contributed by atoms with E-state index in [0.29, 0.717) is 19.8 Å². The number of rotatable bonds is 11. The summed E-state index contributed by atoms with van der Waals surface area (Å²) in [4.78, 5) is 0. The van der Waals surface area contributed by atoms with E-state index in [0.717, 1.165) is 30.7 Å². The molecule has 0 aliphatic rings. The van der Waals surface area contributed by atoms with Crippen molar-refractivity contribution in [2.45, 2.75) is 51.9 Å². The van der Waals surface area contributed by atoms with Crippen LogP contribution in [0.3, 0.4) is 0 Å². The molecule has 134 valence electrons. The molecule has 2 nitrogen and oxygen atoms in total. The van der Waals surface area contributed by atoms with Crippen LogP contribution >= 0.6 is 11.6 Å². The van der Waals surface area contributed by atoms with Crippen molar-refractivity contribution in [3.63, 3.8) is 0 Å². The number of hydrogen-bond donors (Lipinski definition) is 1. The zero-order chi connectivity index (χ0) is 17.8. The van der Waals surface area contributed by atoms with Crippen LogP contribution in [0.1, 0.15) is 52.0 Å². The molecule has 1 aromatic carbocycles. The molecule has 1 rings (SSSR count). The van der Waals surface area contributed by atoms with Crippen LogP contribution in [0.4, 0.5) is 0 Å². The number of allylic oxidation sites excluding steroid dienone is 2. The lowest BCUT2D eigenvalue weighted by molar-refractivity contribution is 0.0931. The van der Waals surface area contributed by atoms with Crippen molar-refractivity contribution < 1.29 is 4.74 Å². The summed E-state index contributed by atoms with van der Waals surface area (Å²) in [5.74, 6) is 0. The Labute approximate surface area is 152 Å². The number of hydrogen-bond acceptors (Lipinski definition) is 2. The molecule has 1 unspecified atom stereocenters.